The second-order valence-corrected chi connectivity index (χ2v) is 7.95. The van der Waals surface area contributed by atoms with E-state index in [0.29, 0.717) is 29.3 Å². The Bertz CT molecular complexity index is 1460. The van der Waals surface area contributed by atoms with E-state index in [9.17, 15) is 9.18 Å². The lowest BCUT2D eigenvalue weighted by Gasteiger charge is -2.10. The van der Waals surface area contributed by atoms with Gasteiger partial charge in [0.05, 0.1) is 6.33 Å². The van der Waals surface area contributed by atoms with E-state index in [4.69, 9.17) is 4.52 Å². The molecule has 2 heterocycles. The number of urea groups is 1. The summed E-state index contributed by atoms with van der Waals surface area (Å²) in [5.74, 6) is 0.317. The van der Waals surface area contributed by atoms with E-state index in [0.717, 1.165) is 16.8 Å². The lowest BCUT2D eigenvalue weighted by Crippen LogP contribution is -2.19. The molecule has 0 unspecified atom stereocenters. The Labute approximate surface area is 200 Å². The fourth-order valence-corrected chi connectivity index (χ4v) is 3.50. The Morgan fingerprint density at radius 3 is 2.54 bits per heavy atom. The molecular weight excluding hydrogens is 447 g/mol. The van der Waals surface area contributed by atoms with Crippen LogP contribution in [0.5, 0.6) is 0 Å². The molecule has 0 aliphatic heterocycles. The van der Waals surface area contributed by atoms with Crippen molar-refractivity contribution in [1.82, 2.24) is 19.7 Å². The maximum absolute atomic E-state index is 13.1. The first kappa shape index (κ1) is 22.0. The van der Waals surface area contributed by atoms with Crippen LogP contribution in [0.25, 0.3) is 23.0 Å². The zero-order valence-electron chi connectivity index (χ0n) is 18.8. The summed E-state index contributed by atoms with van der Waals surface area (Å²) < 4.78 is 20.3. The number of benzene rings is 3. The van der Waals surface area contributed by atoms with E-state index >= 15 is 0 Å². The Morgan fingerprint density at radius 1 is 1.00 bits per heavy atom. The number of rotatable bonds is 6. The van der Waals surface area contributed by atoms with Crippen LogP contribution in [0.4, 0.5) is 20.6 Å². The molecular formula is C26H21FN6O2. The third kappa shape index (κ3) is 5.25. The molecule has 2 amide bonds. The molecule has 174 valence electrons. The number of amides is 2. The number of carbonyl (C=O) groups is 1. The Kier molecular flexibility index (Phi) is 6.04. The first-order chi connectivity index (χ1) is 17.0. The van der Waals surface area contributed by atoms with Gasteiger partial charge >= 0.3 is 6.03 Å². The Balaban J connectivity index is 1.20. The minimum Gasteiger partial charge on any atom is -0.332 e. The maximum Gasteiger partial charge on any atom is 0.323 e. The highest BCUT2D eigenvalue weighted by Gasteiger charge is 2.13. The molecule has 0 radical (unpaired) electrons. The third-order valence-corrected chi connectivity index (χ3v) is 5.35. The summed E-state index contributed by atoms with van der Waals surface area (Å²) in [6.07, 6.45) is 3.49. The number of imidazole rings is 1. The summed E-state index contributed by atoms with van der Waals surface area (Å²) >= 11 is 0. The van der Waals surface area contributed by atoms with Gasteiger partial charge < -0.3 is 19.7 Å². The maximum atomic E-state index is 13.1. The largest absolute Gasteiger partial charge is 0.332 e. The highest BCUT2D eigenvalue weighted by molar-refractivity contribution is 6.00. The van der Waals surface area contributed by atoms with Crippen LogP contribution in [0.2, 0.25) is 0 Å². The van der Waals surface area contributed by atoms with E-state index in [1.165, 1.54) is 12.1 Å². The van der Waals surface area contributed by atoms with E-state index in [-0.39, 0.29) is 17.7 Å². The van der Waals surface area contributed by atoms with Crippen molar-refractivity contribution in [3.05, 3.63) is 102 Å². The molecule has 5 aromatic rings. The van der Waals surface area contributed by atoms with E-state index in [2.05, 4.69) is 25.8 Å². The van der Waals surface area contributed by atoms with Gasteiger partial charge in [-0.25, -0.2) is 14.2 Å². The van der Waals surface area contributed by atoms with Crippen LogP contribution in [0, 0.1) is 12.7 Å². The van der Waals surface area contributed by atoms with E-state index < -0.39 is 0 Å². The van der Waals surface area contributed by atoms with Gasteiger partial charge in [-0.1, -0.05) is 35.5 Å². The second-order valence-electron chi connectivity index (χ2n) is 7.95. The number of anilines is 2. The van der Waals surface area contributed by atoms with Crippen molar-refractivity contribution in [2.75, 3.05) is 10.6 Å². The highest BCUT2D eigenvalue weighted by Crippen LogP contribution is 2.22. The molecule has 9 heteroatoms. The first-order valence-electron chi connectivity index (χ1n) is 10.9. The van der Waals surface area contributed by atoms with E-state index in [1.54, 1.807) is 18.5 Å². The predicted molar refractivity (Wildman–Crippen MR) is 130 cm³/mol. The Morgan fingerprint density at radius 2 is 1.77 bits per heavy atom. The van der Waals surface area contributed by atoms with Crippen LogP contribution in [0.3, 0.4) is 0 Å². The van der Waals surface area contributed by atoms with Crippen molar-refractivity contribution in [1.29, 1.82) is 0 Å². The average Bonchev–Trinajstić information content (AvgIpc) is 3.52. The van der Waals surface area contributed by atoms with Gasteiger partial charge in [0.1, 0.15) is 11.5 Å². The number of aromatic nitrogens is 4. The lowest BCUT2D eigenvalue weighted by molar-refractivity contribution is 0.262. The minimum absolute atomic E-state index is 0.280. The van der Waals surface area contributed by atoms with Crippen LogP contribution in [-0.2, 0) is 6.54 Å². The van der Waals surface area contributed by atoms with Gasteiger partial charge in [-0.3, -0.25) is 0 Å². The van der Waals surface area contributed by atoms with Crippen LogP contribution < -0.4 is 10.6 Å². The van der Waals surface area contributed by atoms with Crippen molar-refractivity contribution in [2.45, 2.75) is 13.5 Å². The van der Waals surface area contributed by atoms with Crippen molar-refractivity contribution in [2.24, 2.45) is 0 Å². The molecule has 0 aliphatic carbocycles. The van der Waals surface area contributed by atoms with Crippen LogP contribution in [-0.4, -0.2) is 25.7 Å². The quantitative estimate of drug-likeness (QED) is 0.331. The SMILES string of the molecule is Cc1ccccc1NC(=O)Nc1ccc(Cn2cnc(-c3nc(-c4ccc(F)cc4)no3)c2)cc1. The standard InChI is InChI=1S/C26H21FN6O2/c1-17-4-2-3-5-22(17)30-26(34)29-21-12-6-18(7-13-21)14-33-15-23(28-16-33)25-31-24(32-35-25)19-8-10-20(27)11-9-19/h2-13,15-16H,14H2,1H3,(H2,29,30,34). The number of nitrogens with one attached hydrogen (secondary N) is 2. The lowest BCUT2D eigenvalue weighted by atomic mass is 10.2. The van der Waals surface area contributed by atoms with Gasteiger partial charge in [0.2, 0.25) is 5.82 Å². The van der Waals surface area contributed by atoms with Crippen LogP contribution in [0.1, 0.15) is 11.1 Å². The summed E-state index contributed by atoms with van der Waals surface area (Å²) in [5.41, 5.74) is 4.66. The third-order valence-electron chi connectivity index (χ3n) is 5.35. The van der Waals surface area contributed by atoms with Crippen molar-refractivity contribution in [3.8, 4) is 23.0 Å². The summed E-state index contributed by atoms with van der Waals surface area (Å²) in [5, 5.41) is 9.64. The first-order valence-corrected chi connectivity index (χ1v) is 10.9. The predicted octanol–water partition coefficient (Wildman–Crippen LogP) is 5.74. The van der Waals surface area contributed by atoms with Crippen molar-refractivity contribution >= 4 is 17.4 Å². The molecule has 2 aromatic heterocycles. The number of para-hydroxylation sites is 1. The van der Waals surface area contributed by atoms with Crippen molar-refractivity contribution in [3.63, 3.8) is 0 Å². The Hall–Kier alpha value is -4.79. The molecule has 0 saturated heterocycles. The van der Waals surface area contributed by atoms with Gasteiger partial charge in [-0.15, -0.1) is 0 Å². The molecule has 5 rings (SSSR count). The summed E-state index contributed by atoms with van der Waals surface area (Å²) in [6, 6.07) is 20.7. The molecule has 2 N–H and O–H groups in total. The average molecular weight is 468 g/mol. The number of nitrogens with zero attached hydrogens (tertiary/aromatic N) is 4. The fraction of sp³-hybridized carbons (Fsp3) is 0.0769. The number of carbonyl (C=O) groups excluding carboxylic acids is 1. The molecule has 0 bridgehead atoms. The number of hydrogen-bond acceptors (Lipinski definition) is 5. The van der Waals surface area contributed by atoms with Crippen LogP contribution in [0.15, 0.2) is 89.8 Å². The smallest absolute Gasteiger partial charge is 0.323 e. The molecule has 3 aromatic carbocycles. The van der Waals surface area contributed by atoms with Gasteiger partial charge in [0.15, 0.2) is 0 Å². The molecule has 0 saturated carbocycles. The molecule has 0 fully saturated rings. The molecule has 35 heavy (non-hydrogen) atoms. The number of aryl methyl sites for hydroxylation is 1. The van der Waals surface area contributed by atoms with Gasteiger partial charge in [-0.2, -0.15) is 4.98 Å². The molecule has 0 spiro atoms. The van der Waals surface area contributed by atoms with E-state index in [1.807, 2.05) is 66.2 Å². The normalized spacial score (nSPS) is 10.8. The zero-order chi connectivity index (χ0) is 24.2. The number of hydrogen-bond donors (Lipinski definition) is 2. The highest BCUT2D eigenvalue weighted by atomic mass is 19.1. The molecule has 8 nitrogen and oxygen atoms in total. The fourth-order valence-electron chi connectivity index (χ4n) is 3.50. The summed E-state index contributed by atoms with van der Waals surface area (Å²) in [7, 11) is 0. The van der Waals surface area contributed by atoms with Gasteiger partial charge in [0, 0.05) is 29.7 Å². The molecule has 0 atom stereocenters. The topological polar surface area (TPSA) is 97.9 Å². The second kappa shape index (κ2) is 9.60. The summed E-state index contributed by atoms with van der Waals surface area (Å²) in [4.78, 5) is 21.0. The molecule has 0 aliphatic rings. The zero-order valence-corrected chi connectivity index (χ0v) is 18.8. The van der Waals surface area contributed by atoms with Crippen LogP contribution >= 0.6 is 0 Å². The number of halogens is 1. The monoisotopic (exact) mass is 468 g/mol. The van der Waals surface area contributed by atoms with Gasteiger partial charge in [0.25, 0.3) is 5.89 Å². The van der Waals surface area contributed by atoms with Crippen molar-refractivity contribution < 1.29 is 13.7 Å². The summed E-state index contributed by atoms with van der Waals surface area (Å²) in [6.45, 7) is 2.51. The van der Waals surface area contributed by atoms with Gasteiger partial charge in [-0.05, 0) is 60.5 Å². The minimum atomic E-state index is -0.328.